The highest BCUT2D eigenvalue weighted by atomic mass is 32.2. The number of para-hydroxylation sites is 1. The summed E-state index contributed by atoms with van der Waals surface area (Å²) in [5.41, 5.74) is 3.29. The number of benzene rings is 2. The van der Waals surface area contributed by atoms with Gasteiger partial charge in [0.15, 0.2) is 11.0 Å². The second kappa shape index (κ2) is 8.44. The van der Waals surface area contributed by atoms with Gasteiger partial charge in [-0.05, 0) is 61.6 Å². The third-order valence-electron chi connectivity index (χ3n) is 5.91. The van der Waals surface area contributed by atoms with E-state index in [0.29, 0.717) is 17.5 Å². The number of aromatic nitrogens is 4. The van der Waals surface area contributed by atoms with Crippen LogP contribution in [0.5, 0.6) is 0 Å². The number of nitrogens with zero attached hydrogens (tertiary/aromatic N) is 4. The van der Waals surface area contributed by atoms with Crippen molar-refractivity contribution in [2.45, 2.75) is 49.8 Å². The zero-order valence-corrected chi connectivity index (χ0v) is 18.6. The fraction of sp³-hybridized carbons (Fsp3) is 0.292. The second-order valence-electron chi connectivity index (χ2n) is 7.93. The maximum Gasteiger partial charge on any atom is 0.416 e. The van der Waals surface area contributed by atoms with Crippen molar-refractivity contribution in [2.24, 2.45) is 0 Å². The Labute approximate surface area is 192 Å². The average Bonchev–Trinajstić information content (AvgIpc) is 3.42. The molecular weight excluding hydrogens is 452 g/mol. The van der Waals surface area contributed by atoms with Crippen LogP contribution < -0.4 is 0 Å². The summed E-state index contributed by atoms with van der Waals surface area (Å²) in [4.78, 5) is 4.82. The maximum absolute atomic E-state index is 14.2. The minimum absolute atomic E-state index is 0.0164. The summed E-state index contributed by atoms with van der Waals surface area (Å²) in [5, 5.41) is 10.3. The quantitative estimate of drug-likeness (QED) is 0.247. The smallest absolute Gasteiger partial charge is 0.302 e. The zero-order chi connectivity index (χ0) is 23.2. The third-order valence-corrected chi connectivity index (χ3v) is 6.92. The molecule has 0 spiro atoms. The predicted molar refractivity (Wildman–Crippen MR) is 119 cm³/mol. The zero-order valence-electron chi connectivity index (χ0n) is 17.8. The Kier molecular flexibility index (Phi) is 5.60. The molecule has 0 saturated carbocycles. The molecule has 2 aromatic heterocycles. The third kappa shape index (κ3) is 3.99. The van der Waals surface area contributed by atoms with Crippen LogP contribution in [0.4, 0.5) is 17.6 Å². The van der Waals surface area contributed by atoms with Crippen molar-refractivity contribution in [3.8, 4) is 11.4 Å². The van der Waals surface area contributed by atoms with Gasteiger partial charge in [-0.2, -0.15) is 13.2 Å². The van der Waals surface area contributed by atoms with Crippen LogP contribution in [0.3, 0.4) is 0 Å². The molecule has 4 aromatic rings. The van der Waals surface area contributed by atoms with E-state index in [1.165, 1.54) is 17.3 Å². The number of hydrogen-bond acceptors (Lipinski definition) is 4. The molecule has 0 saturated heterocycles. The lowest BCUT2D eigenvalue weighted by Gasteiger charge is -2.14. The molecule has 2 heterocycles. The van der Waals surface area contributed by atoms with E-state index in [1.807, 2.05) is 35.8 Å². The summed E-state index contributed by atoms with van der Waals surface area (Å²) in [7, 11) is 0. The molecule has 0 amide bonds. The SMILES string of the molecule is CCn1c(SCc2cc(C(F)(F)F)ccc2F)nnc1-c1c2c(nc3ccccc13)CCC2. The lowest BCUT2D eigenvalue weighted by Crippen LogP contribution is -2.06. The monoisotopic (exact) mass is 472 g/mol. The first-order valence-electron chi connectivity index (χ1n) is 10.7. The van der Waals surface area contributed by atoms with Crippen LogP contribution in [0, 0.1) is 5.82 Å². The number of hydrogen-bond donors (Lipinski definition) is 0. The normalized spacial score (nSPS) is 13.6. The van der Waals surface area contributed by atoms with Gasteiger partial charge in [0.25, 0.3) is 0 Å². The number of fused-ring (bicyclic) bond motifs is 2. The molecule has 33 heavy (non-hydrogen) atoms. The van der Waals surface area contributed by atoms with E-state index in [4.69, 9.17) is 4.98 Å². The first kappa shape index (κ1) is 21.9. The predicted octanol–water partition coefficient (Wildman–Crippen LogP) is 6.45. The maximum atomic E-state index is 14.2. The topological polar surface area (TPSA) is 43.6 Å². The van der Waals surface area contributed by atoms with Crippen LogP contribution in [0.15, 0.2) is 47.6 Å². The van der Waals surface area contributed by atoms with Crippen molar-refractivity contribution < 1.29 is 17.6 Å². The Morgan fingerprint density at radius 2 is 1.88 bits per heavy atom. The van der Waals surface area contributed by atoms with E-state index in [-0.39, 0.29) is 11.3 Å². The van der Waals surface area contributed by atoms with E-state index in [9.17, 15) is 17.6 Å². The lowest BCUT2D eigenvalue weighted by atomic mass is 10.0. The minimum Gasteiger partial charge on any atom is -0.302 e. The first-order valence-corrected chi connectivity index (χ1v) is 11.7. The van der Waals surface area contributed by atoms with Crippen molar-refractivity contribution >= 4 is 22.7 Å². The molecule has 0 N–H and O–H groups in total. The van der Waals surface area contributed by atoms with E-state index in [2.05, 4.69) is 10.2 Å². The molecule has 0 unspecified atom stereocenters. The van der Waals surface area contributed by atoms with Gasteiger partial charge >= 0.3 is 6.18 Å². The molecule has 5 rings (SSSR count). The van der Waals surface area contributed by atoms with Gasteiger partial charge in [0, 0.05) is 28.9 Å². The molecule has 2 aromatic carbocycles. The summed E-state index contributed by atoms with van der Waals surface area (Å²) >= 11 is 1.18. The second-order valence-corrected chi connectivity index (χ2v) is 8.87. The summed E-state index contributed by atoms with van der Waals surface area (Å²) < 4.78 is 55.3. The van der Waals surface area contributed by atoms with Gasteiger partial charge in [-0.1, -0.05) is 30.0 Å². The summed E-state index contributed by atoms with van der Waals surface area (Å²) in [6.07, 6.45) is -1.66. The fourth-order valence-electron chi connectivity index (χ4n) is 4.34. The van der Waals surface area contributed by atoms with E-state index in [1.54, 1.807) is 0 Å². The van der Waals surface area contributed by atoms with Crippen LogP contribution in [-0.4, -0.2) is 19.7 Å². The van der Waals surface area contributed by atoms with Gasteiger partial charge in [0.1, 0.15) is 5.82 Å². The van der Waals surface area contributed by atoms with Crippen LogP contribution in [0.2, 0.25) is 0 Å². The Morgan fingerprint density at radius 3 is 2.67 bits per heavy atom. The molecule has 9 heteroatoms. The molecule has 0 fully saturated rings. The molecule has 1 aliphatic rings. The standard InChI is InChI=1S/C24H20F4N4S/c1-2-32-22(21-16-6-3-4-8-19(16)29-20-9-5-7-17(20)21)30-31-23(32)33-13-14-12-15(24(26,27)28)10-11-18(14)25/h3-4,6,8,10-12H,2,5,7,9,13H2,1H3. The van der Waals surface area contributed by atoms with Crippen molar-refractivity contribution in [3.05, 3.63) is 70.7 Å². The van der Waals surface area contributed by atoms with Crippen LogP contribution in [0.1, 0.15) is 35.7 Å². The van der Waals surface area contributed by atoms with E-state index in [0.717, 1.165) is 59.6 Å². The number of rotatable bonds is 5. The Hall–Kier alpha value is -2.94. The van der Waals surface area contributed by atoms with Crippen molar-refractivity contribution in [1.29, 1.82) is 0 Å². The van der Waals surface area contributed by atoms with Gasteiger partial charge < -0.3 is 4.57 Å². The van der Waals surface area contributed by atoms with Crippen molar-refractivity contribution in [1.82, 2.24) is 19.7 Å². The van der Waals surface area contributed by atoms with Gasteiger partial charge in [-0.25, -0.2) is 4.39 Å². The Bertz CT molecular complexity index is 1350. The average molecular weight is 473 g/mol. The van der Waals surface area contributed by atoms with Gasteiger partial charge in [-0.15, -0.1) is 10.2 Å². The van der Waals surface area contributed by atoms with Crippen molar-refractivity contribution in [3.63, 3.8) is 0 Å². The number of alkyl halides is 3. The number of halogens is 4. The molecular formula is C24H20F4N4S. The van der Waals surface area contributed by atoms with Crippen LogP contribution in [0.25, 0.3) is 22.3 Å². The molecule has 0 atom stereocenters. The molecule has 0 bridgehead atoms. The molecule has 0 radical (unpaired) electrons. The van der Waals surface area contributed by atoms with Crippen molar-refractivity contribution in [2.75, 3.05) is 0 Å². The fourth-order valence-corrected chi connectivity index (χ4v) is 5.31. The van der Waals surface area contributed by atoms with Crippen LogP contribution >= 0.6 is 11.8 Å². The molecule has 0 aliphatic heterocycles. The highest BCUT2D eigenvalue weighted by Gasteiger charge is 2.31. The molecule has 170 valence electrons. The highest BCUT2D eigenvalue weighted by Crippen LogP contribution is 2.38. The number of thioether (sulfide) groups is 1. The van der Waals surface area contributed by atoms with Crippen LogP contribution in [-0.2, 0) is 31.3 Å². The number of pyridine rings is 1. The summed E-state index contributed by atoms with van der Waals surface area (Å²) in [5.74, 6) is 0.0563. The summed E-state index contributed by atoms with van der Waals surface area (Å²) in [6.45, 7) is 2.53. The van der Waals surface area contributed by atoms with E-state index >= 15 is 0 Å². The molecule has 1 aliphatic carbocycles. The number of aryl methyl sites for hydroxylation is 1. The lowest BCUT2D eigenvalue weighted by molar-refractivity contribution is -0.137. The Morgan fingerprint density at radius 1 is 1.06 bits per heavy atom. The minimum atomic E-state index is -4.52. The van der Waals surface area contributed by atoms with Gasteiger partial charge in [0.05, 0.1) is 11.1 Å². The Balaban J connectivity index is 1.53. The van der Waals surface area contributed by atoms with Gasteiger partial charge in [-0.3, -0.25) is 4.98 Å². The molecule has 4 nitrogen and oxygen atoms in total. The first-order chi connectivity index (χ1) is 15.9. The largest absolute Gasteiger partial charge is 0.416 e. The summed E-state index contributed by atoms with van der Waals surface area (Å²) in [6, 6.07) is 10.4. The van der Waals surface area contributed by atoms with E-state index < -0.39 is 17.6 Å². The highest BCUT2D eigenvalue weighted by molar-refractivity contribution is 7.98. The van der Waals surface area contributed by atoms with Gasteiger partial charge in [0.2, 0.25) is 0 Å².